The highest BCUT2D eigenvalue weighted by atomic mass is 35.5. The maximum absolute atomic E-state index is 12.8. The number of ether oxygens (including phenoxy) is 1. The SMILES string of the molecule is Cl.Cl.O=C(NCCCN1CCOCC1)c1ccc2n(c1=O)C[C@@H]1CNC[C@H]2C1. The predicted octanol–water partition coefficient (Wildman–Crippen LogP) is 0.851. The molecular formula is C19H30Cl2N4O3. The molecule has 0 aliphatic carbocycles. The zero-order valence-electron chi connectivity index (χ0n) is 16.0. The number of nitrogens with zero attached hydrogens (tertiary/aromatic N) is 2. The van der Waals surface area contributed by atoms with E-state index in [2.05, 4.69) is 15.5 Å². The van der Waals surface area contributed by atoms with E-state index < -0.39 is 0 Å². The smallest absolute Gasteiger partial charge is 0.263 e. The number of rotatable bonds is 5. The molecule has 0 radical (unpaired) electrons. The number of pyridine rings is 1. The van der Waals surface area contributed by atoms with E-state index in [-0.39, 0.29) is 41.8 Å². The summed E-state index contributed by atoms with van der Waals surface area (Å²) in [7, 11) is 0. The number of hydrogen-bond acceptors (Lipinski definition) is 5. The number of aromatic nitrogens is 1. The Morgan fingerprint density at radius 1 is 1.21 bits per heavy atom. The van der Waals surface area contributed by atoms with Gasteiger partial charge in [-0.2, -0.15) is 0 Å². The third-order valence-corrected chi connectivity index (χ3v) is 5.79. The highest BCUT2D eigenvalue weighted by Gasteiger charge is 2.31. The molecule has 28 heavy (non-hydrogen) atoms. The number of amides is 1. The maximum Gasteiger partial charge on any atom is 0.263 e. The first-order valence-electron chi connectivity index (χ1n) is 9.75. The fraction of sp³-hybridized carbons (Fsp3) is 0.684. The van der Waals surface area contributed by atoms with Crippen LogP contribution in [0, 0.1) is 5.92 Å². The summed E-state index contributed by atoms with van der Waals surface area (Å²) in [5.74, 6) is 0.632. The summed E-state index contributed by atoms with van der Waals surface area (Å²) in [6.45, 7) is 7.62. The van der Waals surface area contributed by atoms with Gasteiger partial charge < -0.3 is 19.9 Å². The molecule has 0 spiro atoms. The molecule has 1 amide bonds. The summed E-state index contributed by atoms with van der Waals surface area (Å²) in [5.41, 5.74) is 1.21. The van der Waals surface area contributed by atoms with Crippen molar-refractivity contribution in [3.63, 3.8) is 0 Å². The molecule has 4 rings (SSSR count). The topological polar surface area (TPSA) is 75.6 Å². The first-order chi connectivity index (χ1) is 12.7. The molecule has 0 aromatic carbocycles. The molecule has 2 N–H and O–H groups in total. The van der Waals surface area contributed by atoms with Gasteiger partial charge in [0.2, 0.25) is 0 Å². The van der Waals surface area contributed by atoms with Crippen LogP contribution in [0.3, 0.4) is 0 Å². The monoisotopic (exact) mass is 432 g/mol. The van der Waals surface area contributed by atoms with Crippen molar-refractivity contribution in [1.29, 1.82) is 0 Å². The van der Waals surface area contributed by atoms with Crippen molar-refractivity contribution in [2.75, 3.05) is 52.5 Å². The van der Waals surface area contributed by atoms with Gasteiger partial charge in [-0.1, -0.05) is 0 Å². The van der Waals surface area contributed by atoms with E-state index in [0.29, 0.717) is 18.4 Å². The molecule has 0 saturated carbocycles. The van der Waals surface area contributed by atoms with Gasteiger partial charge >= 0.3 is 0 Å². The van der Waals surface area contributed by atoms with E-state index in [1.54, 1.807) is 6.07 Å². The first kappa shape index (κ1) is 23.2. The number of carbonyl (C=O) groups is 1. The van der Waals surface area contributed by atoms with Crippen LogP contribution in [-0.2, 0) is 11.3 Å². The summed E-state index contributed by atoms with van der Waals surface area (Å²) in [5, 5.41) is 6.35. The molecule has 4 heterocycles. The Labute approximate surface area is 178 Å². The van der Waals surface area contributed by atoms with Gasteiger partial charge in [-0.3, -0.25) is 14.5 Å². The molecular weight excluding hydrogens is 403 g/mol. The van der Waals surface area contributed by atoms with E-state index in [4.69, 9.17) is 4.74 Å². The first-order valence-corrected chi connectivity index (χ1v) is 9.75. The molecule has 3 aliphatic heterocycles. The Hall–Kier alpha value is -1.12. The van der Waals surface area contributed by atoms with Gasteiger partial charge in [0.05, 0.1) is 13.2 Å². The van der Waals surface area contributed by atoms with Crippen molar-refractivity contribution in [3.8, 4) is 0 Å². The molecule has 1 aromatic heterocycles. The second-order valence-electron chi connectivity index (χ2n) is 7.61. The molecule has 158 valence electrons. The van der Waals surface area contributed by atoms with E-state index in [9.17, 15) is 9.59 Å². The standard InChI is InChI=1S/C19H28N4O3.2ClH/c24-18(21-4-1-5-22-6-8-26-9-7-22)16-2-3-17-15-10-14(11-20-12-15)13-23(17)19(16)25;;/h2-3,14-15,20H,1,4-13H2,(H,21,24);2*1H/t14-,15+;;/m0../s1. The van der Waals surface area contributed by atoms with E-state index in [0.717, 1.165) is 71.0 Å². The fourth-order valence-electron chi connectivity index (χ4n) is 4.39. The second-order valence-corrected chi connectivity index (χ2v) is 7.61. The minimum atomic E-state index is -0.249. The average molecular weight is 433 g/mol. The third kappa shape index (κ3) is 5.07. The quantitative estimate of drug-likeness (QED) is 0.674. The highest BCUT2D eigenvalue weighted by molar-refractivity contribution is 5.93. The second kappa shape index (κ2) is 10.6. The van der Waals surface area contributed by atoms with Crippen molar-refractivity contribution in [1.82, 2.24) is 20.1 Å². The van der Waals surface area contributed by atoms with E-state index in [1.165, 1.54) is 0 Å². The van der Waals surface area contributed by atoms with Gasteiger partial charge in [-0.05, 0) is 44.0 Å². The normalized spacial score (nSPS) is 23.7. The lowest BCUT2D eigenvalue weighted by atomic mass is 9.84. The highest BCUT2D eigenvalue weighted by Crippen LogP contribution is 2.31. The van der Waals surface area contributed by atoms with Gasteiger partial charge in [-0.25, -0.2) is 0 Å². The number of carbonyl (C=O) groups excluding carboxylic acids is 1. The molecule has 2 saturated heterocycles. The summed E-state index contributed by atoms with van der Waals surface area (Å²) >= 11 is 0. The maximum atomic E-state index is 12.8. The van der Waals surface area contributed by atoms with Crippen LogP contribution in [-0.4, -0.2) is 67.9 Å². The van der Waals surface area contributed by atoms with Crippen molar-refractivity contribution in [3.05, 3.63) is 33.7 Å². The van der Waals surface area contributed by atoms with E-state index in [1.807, 2.05) is 10.6 Å². The van der Waals surface area contributed by atoms with Crippen LogP contribution in [0.15, 0.2) is 16.9 Å². The molecule has 0 unspecified atom stereocenters. The number of fused-ring (bicyclic) bond motifs is 4. The minimum absolute atomic E-state index is 0. The van der Waals surface area contributed by atoms with Gasteiger partial charge in [0.25, 0.3) is 11.5 Å². The summed E-state index contributed by atoms with van der Waals surface area (Å²) in [4.78, 5) is 27.6. The number of hydrogen-bond donors (Lipinski definition) is 2. The van der Waals surface area contributed by atoms with Crippen LogP contribution in [0.1, 0.15) is 34.8 Å². The van der Waals surface area contributed by atoms with Crippen LogP contribution in [0.4, 0.5) is 0 Å². The van der Waals surface area contributed by atoms with Crippen molar-refractivity contribution < 1.29 is 9.53 Å². The van der Waals surface area contributed by atoms with Gasteiger partial charge in [0.15, 0.2) is 0 Å². The van der Waals surface area contributed by atoms with Gasteiger partial charge in [-0.15, -0.1) is 24.8 Å². The Morgan fingerprint density at radius 3 is 2.79 bits per heavy atom. The summed E-state index contributed by atoms with van der Waals surface area (Å²) < 4.78 is 7.17. The Balaban J connectivity index is 0.00000140. The molecule has 9 heteroatoms. The third-order valence-electron chi connectivity index (χ3n) is 5.79. The predicted molar refractivity (Wildman–Crippen MR) is 113 cm³/mol. The van der Waals surface area contributed by atoms with Crippen molar-refractivity contribution >= 4 is 30.7 Å². The Bertz CT molecular complexity index is 722. The zero-order chi connectivity index (χ0) is 17.9. The Kier molecular flexibility index (Phi) is 8.77. The summed E-state index contributed by atoms with van der Waals surface area (Å²) in [6.07, 6.45) is 2.02. The summed E-state index contributed by atoms with van der Waals surface area (Å²) in [6, 6.07) is 3.68. The molecule has 3 aliphatic rings. The van der Waals surface area contributed by atoms with Crippen LogP contribution in [0.2, 0.25) is 0 Å². The molecule has 2 fully saturated rings. The minimum Gasteiger partial charge on any atom is -0.379 e. The van der Waals surface area contributed by atoms with E-state index >= 15 is 0 Å². The lowest BCUT2D eigenvalue weighted by molar-refractivity contribution is 0.0374. The van der Waals surface area contributed by atoms with Gasteiger partial charge in [0, 0.05) is 44.3 Å². The molecule has 2 atom stereocenters. The number of nitrogens with one attached hydrogen (secondary N) is 2. The molecule has 1 aromatic rings. The zero-order valence-corrected chi connectivity index (χ0v) is 17.7. The number of morpholine rings is 1. The van der Waals surface area contributed by atoms with Crippen LogP contribution in [0.5, 0.6) is 0 Å². The lowest BCUT2D eigenvalue weighted by Crippen LogP contribution is -2.46. The Morgan fingerprint density at radius 2 is 2.00 bits per heavy atom. The fourth-order valence-corrected chi connectivity index (χ4v) is 4.39. The molecule has 2 bridgehead atoms. The van der Waals surface area contributed by atoms with Crippen molar-refractivity contribution in [2.24, 2.45) is 5.92 Å². The lowest BCUT2D eigenvalue weighted by Gasteiger charge is -2.37. The average Bonchev–Trinajstić information content (AvgIpc) is 2.67. The largest absolute Gasteiger partial charge is 0.379 e. The van der Waals surface area contributed by atoms with Gasteiger partial charge in [0.1, 0.15) is 5.56 Å². The number of halogens is 2. The van der Waals surface area contributed by atoms with Crippen molar-refractivity contribution in [2.45, 2.75) is 25.3 Å². The van der Waals surface area contributed by atoms with Crippen LogP contribution in [0.25, 0.3) is 0 Å². The molecule has 7 nitrogen and oxygen atoms in total. The number of piperidine rings is 1. The van der Waals surface area contributed by atoms with Crippen LogP contribution >= 0.6 is 24.8 Å². The van der Waals surface area contributed by atoms with Crippen LogP contribution < -0.4 is 16.2 Å².